The summed E-state index contributed by atoms with van der Waals surface area (Å²) >= 11 is 0. The molecule has 3 amide bonds. The van der Waals surface area contributed by atoms with Crippen LogP contribution in [0.25, 0.3) is 11.3 Å². The number of H-pyrrole nitrogens is 2. The SMILES string of the molecule is CC(C)[C@@H](C)C(=O)N1CCC[C@H]1c1ncc(-c2ccc(C#Cc3cnc([C@@H]4CCCN4C(=O)[C@H](NC(=O)OC(C)(C)C)C(C)C)[nH]3)cc2)[nH]1. The third-order valence-electron chi connectivity index (χ3n) is 9.43. The highest BCUT2D eigenvalue weighted by molar-refractivity contribution is 5.86. The van der Waals surface area contributed by atoms with Crippen molar-refractivity contribution < 1.29 is 19.1 Å². The number of amides is 3. The Hall–Kier alpha value is -4.59. The lowest BCUT2D eigenvalue weighted by molar-refractivity contribution is -0.137. The van der Waals surface area contributed by atoms with Crippen LogP contribution < -0.4 is 5.32 Å². The number of hydrogen-bond acceptors (Lipinski definition) is 6. The highest BCUT2D eigenvalue weighted by Crippen LogP contribution is 2.34. The number of rotatable bonds is 8. The summed E-state index contributed by atoms with van der Waals surface area (Å²) in [5.74, 6) is 8.10. The Morgan fingerprint density at radius 3 is 2.02 bits per heavy atom. The smallest absolute Gasteiger partial charge is 0.408 e. The molecular formula is C38H51N7O4. The number of benzene rings is 1. The average Bonchev–Trinajstić information content (AvgIpc) is 3.87. The minimum atomic E-state index is -0.707. The molecule has 49 heavy (non-hydrogen) atoms. The van der Waals surface area contributed by atoms with E-state index in [1.165, 1.54) is 0 Å². The van der Waals surface area contributed by atoms with Crippen LogP contribution in [0.4, 0.5) is 4.79 Å². The summed E-state index contributed by atoms with van der Waals surface area (Å²) in [5, 5.41) is 2.78. The first kappa shape index (κ1) is 35.7. The lowest BCUT2D eigenvalue weighted by Gasteiger charge is -2.31. The number of nitrogens with one attached hydrogen (secondary N) is 3. The van der Waals surface area contributed by atoms with Gasteiger partial charge in [0.2, 0.25) is 11.8 Å². The van der Waals surface area contributed by atoms with Gasteiger partial charge in [0.05, 0.1) is 30.2 Å². The van der Waals surface area contributed by atoms with E-state index in [1.54, 1.807) is 31.9 Å². The molecule has 11 heteroatoms. The van der Waals surface area contributed by atoms with Gasteiger partial charge in [-0.1, -0.05) is 52.7 Å². The largest absolute Gasteiger partial charge is 0.444 e. The van der Waals surface area contributed by atoms with Gasteiger partial charge < -0.3 is 29.8 Å². The zero-order chi connectivity index (χ0) is 35.5. The van der Waals surface area contributed by atoms with Gasteiger partial charge in [0.25, 0.3) is 0 Å². The molecule has 2 fully saturated rings. The number of ether oxygens (including phenoxy) is 1. The van der Waals surface area contributed by atoms with E-state index in [0.29, 0.717) is 24.0 Å². The molecule has 0 aliphatic carbocycles. The first-order valence-electron chi connectivity index (χ1n) is 17.5. The van der Waals surface area contributed by atoms with Crippen molar-refractivity contribution in [3.8, 4) is 23.1 Å². The molecular weight excluding hydrogens is 618 g/mol. The van der Waals surface area contributed by atoms with Crippen LogP contribution in [0.2, 0.25) is 0 Å². The molecule has 1 aromatic carbocycles. The van der Waals surface area contributed by atoms with Crippen LogP contribution in [0, 0.1) is 29.6 Å². The van der Waals surface area contributed by atoms with E-state index in [4.69, 9.17) is 4.74 Å². The number of carbonyl (C=O) groups excluding carboxylic acids is 3. The van der Waals surface area contributed by atoms with Crippen molar-refractivity contribution in [2.45, 2.75) is 105 Å². The molecule has 5 rings (SSSR count). The first-order chi connectivity index (χ1) is 23.2. The van der Waals surface area contributed by atoms with E-state index in [-0.39, 0.29) is 35.7 Å². The Labute approximate surface area is 290 Å². The van der Waals surface area contributed by atoms with Gasteiger partial charge in [-0.2, -0.15) is 0 Å². The summed E-state index contributed by atoms with van der Waals surface area (Å²) in [4.78, 5) is 59.0. The highest BCUT2D eigenvalue weighted by Gasteiger charge is 2.38. The monoisotopic (exact) mass is 669 g/mol. The lowest BCUT2D eigenvalue weighted by atomic mass is 9.96. The maximum absolute atomic E-state index is 13.6. The Bertz CT molecular complexity index is 1690. The van der Waals surface area contributed by atoms with E-state index in [1.807, 2.05) is 56.1 Å². The van der Waals surface area contributed by atoms with Crippen LogP contribution in [0.5, 0.6) is 0 Å². The van der Waals surface area contributed by atoms with Crippen LogP contribution in [0.1, 0.15) is 116 Å². The Morgan fingerprint density at radius 1 is 0.837 bits per heavy atom. The van der Waals surface area contributed by atoms with Gasteiger partial charge in [-0.25, -0.2) is 14.8 Å². The molecule has 0 unspecified atom stereocenters. The number of aromatic amines is 2. The average molecular weight is 670 g/mol. The van der Waals surface area contributed by atoms with Gasteiger partial charge in [-0.05, 0) is 81.9 Å². The predicted octanol–water partition coefficient (Wildman–Crippen LogP) is 6.37. The van der Waals surface area contributed by atoms with Crippen molar-refractivity contribution in [1.82, 2.24) is 35.1 Å². The Balaban J connectivity index is 1.22. The van der Waals surface area contributed by atoms with Crippen LogP contribution in [0.3, 0.4) is 0 Å². The predicted molar refractivity (Wildman–Crippen MR) is 188 cm³/mol. The fourth-order valence-corrected chi connectivity index (χ4v) is 6.40. The van der Waals surface area contributed by atoms with Crippen LogP contribution in [-0.4, -0.2) is 72.4 Å². The molecule has 11 nitrogen and oxygen atoms in total. The minimum Gasteiger partial charge on any atom is -0.444 e. The molecule has 4 heterocycles. The Kier molecular flexibility index (Phi) is 10.9. The zero-order valence-corrected chi connectivity index (χ0v) is 30.1. The quantitative estimate of drug-likeness (QED) is 0.239. The topological polar surface area (TPSA) is 136 Å². The standard InChI is InChI=1S/C38H51N7O4/c1-23(2)25(5)35(46)44-19-9-12-31(44)34-40-22-29(42-34)27-16-13-26(14-17-27)15-18-28-21-39-33(41-28)30-11-10-20-45(30)36(47)32(24(3)4)43-37(48)49-38(6,7)8/h13-14,16-17,21-25,30-32H,9-12,19-20H2,1-8H3,(H,39,41)(H,40,42)(H,43,48)/t25-,30+,31+,32-/m1/s1. The van der Waals surface area contributed by atoms with Gasteiger partial charge in [0.15, 0.2) is 0 Å². The third kappa shape index (κ3) is 8.53. The maximum Gasteiger partial charge on any atom is 0.408 e. The zero-order valence-electron chi connectivity index (χ0n) is 30.1. The summed E-state index contributed by atoms with van der Waals surface area (Å²) in [6.07, 6.45) is 6.43. The molecule has 0 bridgehead atoms. The first-order valence-corrected chi connectivity index (χ1v) is 17.5. The normalized spacial score (nSPS) is 19.1. The molecule has 0 saturated carbocycles. The molecule has 262 valence electrons. The van der Waals surface area contributed by atoms with E-state index >= 15 is 0 Å². The molecule has 2 saturated heterocycles. The lowest BCUT2D eigenvalue weighted by Crippen LogP contribution is -2.52. The summed E-state index contributed by atoms with van der Waals surface area (Å²) in [6.45, 7) is 16.7. The van der Waals surface area contributed by atoms with E-state index < -0.39 is 17.7 Å². The maximum atomic E-state index is 13.6. The van der Waals surface area contributed by atoms with Crippen LogP contribution in [0.15, 0.2) is 36.7 Å². The van der Waals surface area contributed by atoms with Gasteiger partial charge in [-0.15, -0.1) is 0 Å². The molecule has 0 radical (unpaired) electrons. The fourth-order valence-electron chi connectivity index (χ4n) is 6.40. The summed E-state index contributed by atoms with van der Waals surface area (Å²) in [5.41, 5.74) is 2.74. The minimum absolute atomic E-state index is 0.0177. The van der Waals surface area contributed by atoms with Crippen molar-refractivity contribution in [2.24, 2.45) is 17.8 Å². The summed E-state index contributed by atoms with van der Waals surface area (Å²) < 4.78 is 5.41. The second-order valence-electron chi connectivity index (χ2n) is 15.0. The number of alkyl carbamates (subject to hydrolysis) is 1. The fraction of sp³-hybridized carbons (Fsp3) is 0.553. The van der Waals surface area contributed by atoms with E-state index in [9.17, 15) is 14.4 Å². The molecule has 3 aromatic rings. The number of carbonyl (C=O) groups is 3. The number of nitrogens with zero attached hydrogens (tertiary/aromatic N) is 4. The van der Waals surface area contributed by atoms with Crippen LogP contribution in [-0.2, 0) is 14.3 Å². The number of hydrogen-bond donors (Lipinski definition) is 3. The van der Waals surface area contributed by atoms with Crippen molar-refractivity contribution in [2.75, 3.05) is 13.1 Å². The van der Waals surface area contributed by atoms with Gasteiger partial charge in [0.1, 0.15) is 29.0 Å². The summed E-state index contributed by atoms with van der Waals surface area (Å²) in [6, 6.07) is 7.01. The molecule has 3 N–H and O–H groups in total. The van der Waals surface area contributed by atoms with Gasteiger partial charge in [0, 0.05) is 24.6 Å². The van der Waals surface area contributed by atoms with Crippen molar-refractivity contribution in [3.63, 3.8) is 0 Å². The number of aromatic nitrogens is 4. The molecule has 2 aliphatic rings. The molecule has 0 spiro atoms. The summed E-state index contributed by atoms with van der Waals surface area (Å²) in [7, 11) is 0. The van der Waals surface area contributed by atoms with E-state index in [0.717, 1.165) is 54.9 Å². The van der Waals surface area contributed by atoms with E-state index in [2.05, 4.69) is 50.9 Å². The van der Waals surface area contributed by atoms with Gasteiger partial charge in [-0.3, -0.25) is 9.59 Å². The number of likely N-dealkylation sites (tertiary alicyclic amines) is 2. The third-order valence-corrected chi connectivity index (χ3v) is 9.43. The number of imidazole rings is 2. The van der Waals surface area contributed by atoms with Gasteiger partial charge >= 0.3 is 6.09 Å². The molecule has 2 aromatic heterocycles. The second kappa shape index (κ2) is 14.9. The van der Waals surface area contributed by atoms with Crippen molar-refractivity contribution >= 4 is 17.9 Å². The van der Waals surface area contributed by atoms with Crippen LogP contribution >= 0.6 is 0 Å². The highest BCUT2D eigenvalue weighted by atomic mass is 16.6. The molecule has 4 atom stereocenters. The molecule has 2 aliphatic heterocycles. The van der Waals surface area contributed by atoms with Crippen molar-refractivity contribution in [3.05, 3.63) is 59.6 Å². The second-order valence-corrected chi connectivity index (χ2v) is 15.0. The Morgan fingerprint density at radius 2 is 1.43 bits per heavy atom. The van der Waals surface area contributed by atoms with Crippen molar-refractivity contribution in [1.29, 1.82) is 0 Å².